The second-order valence-electron chi connectivity index (χ2n) is 10.7. The maximum atomic E-state index is 14.1. The standard InChI is InChI=1S/C31H41ClN5O6P/c1-6-10-23(37-27(19-40-7-2)35-28-29(37)25-11-8-9-12-26(25)34-30(28)33)17-18-41-44(39,36-21(5)31(38)42-20(3)4)43-24-15-13-22(32)14-16-24/h8-9,11-16,20-21,23H,6-7,10,17-19H2,1-5H3,(H2,33,34)(H,36,39)/t21-,23-,44-/m0/s1. The highest BCUT2D eigenvalue weighted by atomic mass is 35.5. The summed E-state index contributed by atoms with van der Waals surface area (Å²) in [5, 5.41) is 4.16. The van der Waals surface area contributed by atoms with Crippen LogP contribution in [0.5, 0.6) is 5.75 Å². The molecule has 0 unspecified atom stereocenters. The number of anilines is 1. The SMILES string of the molecule is CCC[C@@H](CCO[P@@](=O)(N[C@@H](C)C(=O)OC(C)C)Oc1ccc(Cl)cc1)n1c(COCC)nc2c(N)nc3ccccc3c21. The van der Waals surface area contributed by atoms with E-state index < -0.39 is 19.8 Å². The van der Waals surface area contributed by atoms with Crippen molar-refractivity contribution >= 4 is 53.1 Å². The van der Waals surface area contributed by atoms with E-state index in [9.17, 15) is 9.36 Å². The third kappa shape index (κ3) is 8.28. The van der Waals surface area contributed by atoms with Crippen LogP contribution in [-0.2, 0) is 30.0 Å². The molecule has 44 heavy (non-hydrogen) atoms. The maximum Gasteiger partial charge on any atom is 0.459 e. The second kappa shape index (κ2) is 15.2. The number of pyridine rings is 1. The van der Waals surface area contributed by atoms with Crippen LogP contribution < -0.4 is 15.3 Å². The summed E-state index contributed by atoms with van der Waals surface area (Å²) in [7, 11) is -4.06. The maximum absolute atomic E-state index is 14.1. The number of aromatic nitrogens is 3. The highest BCUT2D eigenvalue weighted by molar-refractivity contribution is 7.52. The van der Waals surface area contributed by atoms with E-state index in [1.165, 1.54) is 0 Å². The second-order valence-corrected chi connectivity index (χ2v) is 12.8. The van der Waals surface area contributed by atoms with Gasteiger partial charge in [-0.1, -0.05) is 43.1 Å². The molecule has 0 amide bonds. The van der Waals surface area contributed by atoms with Gasteiger partial charge < -0.3 is 24.3 Å². The highest BCUT2D eigenvalue weighted by Crippen LogP contribution is 2.46. The Labute approximate surface area is 263 Å². The summed E-state index contributed by atoms with van der Waals surface area (Å²) in [4.78, 5) is 22.0. The number of nitrogen functional groups attached to an aromatic ring is 1. The van der Waals surface area contributed by atoms with Crippen molar-refractivity contribution in [2.75, 3.05) is 18.9 Å². The Bertz CT molecular complexity index is 1610. The number of para-hydroxylation sites is 1. The van der Waals surface area contributed by atoms with E-state index in [1.807, 2.05) is 31.2 Å². The average Bonchev–Trinajstić information content (AvgIpc) is 3.36. The van der Waals surface area contributed by atoms with Crippen LogP contribution in [0.25, 0.3) is 21.9 Å². The first-order chi connectivity index (χ1) is 21.0. The number of carbonyl (C=O) groups is 1. The van der Waals surface area contributed by atoms with Crippen molar-refractivity contribution in [3.05, 3.63) is 59.4 Å². The molecule has 0 aliphatic carbocycles. The number of halogens is 1. The summed E-state index contributed by atoms with van der Waals surface area (Å²) < 4.78 is 39.1. The van der Waals surface area contributed by atoms with Gasteiger partial charge in [0.1, 0.15) is 29.7 Å². The van der Waals surface area contributed by atoms with E-state index in [0.717, 1.165) is 29.3 Å². The van der Waals surface area contributed by atoms with E-state index in [0.29, 0.717) is 35.2 Å². The number of esters is 1. The largest absolute Gasteiger partial charge is 0.462 e. The molecule has 3 N–H and O–H groups in total. The minimum atomic E-state index is -4.06. The Kier molecular flexibility index (Phi) is 11.6. The number of carbonyl (C=O) groups excluding carboxylic acids is 1. The number of rotatable bonds is 16. The van der Waals surface area contributed by atoms with Gasteiger partial charge in [0.2, 0.25) is 0 Å². The lowest BCUT2D eigenvalue weighted by Gasteiger charge is -2.25. The Morgan fingerprint density at radius 2 is 1.80 bits per heavy atom. The molecular formula is C31H41ClN5O6P. The van der Waals surface area contributed by atoms with Crippen LogP contribution in [0.3, 0.4) is 0 Å². The zero-order chi connectivity index (χ0) is 31.9. The van der Waals surface area contributed by atoms with Gasteiger partial charge in [-0.2, -0.15) is 5.09 Å². The lowest BCUT2D eigenvalue weighted by atomic mass is 10.1. The van der Waals surface area contributed by atoms with Crippen molar-refractivity contribution in [1.82, 2.24) is 19.6 Å². The molecule has 0 aliphatic heterocycles. The third-order valence-electron chi connectivity index (χ3n) is 6.86. The molecule has 0 fully saturated rings. The minimum absolute atomic E-state index is 0.0424. The summed E-state index contributed by atoms with van der Waals surface area (Å²) in [5.74, 6) is 0.757. The Balaban J connectivity index is 1.66. The van der Waals surface area contributed by atoms with Crippen LogP contribution in [0.1, 0.15) is 65.7 Å². The molecule has 0 aliphatic rings. The van der Waals surface area contributed by atoms with Crippen LogP contribution in [0.2, 0.25) is 5.02 Å². The number of benzene rings is 2. The third-order valence-corrected chi connectivity index (χ3v) is 8.79. The summed E-state index contributed by atoms with van der Waals surface area (Å²) in [6.45, 7) is 9.91. The van der Waals surface area contributed by atoms with Gasteiger partial charge in [-0.15, -0.1) is 0 Å². The van der Waals surface area contributed by atoms with Crippen molar-refractivity contribution in [2.24, 2.45) is 0 Å². The summed E-state index contributed by atoms with van der Waals surface area (Å²) in [6.07, 6.45) is 1.76. The summed E-state index contributed by atoms with van der Waals surface area (Å²) in [5.41, 5.74) is 8.63. The molecule has 0 saturated heterocycles. The van der Waals surface area contributed by atoms with Gasteiger partial charge >= 0.3 is 13.7 Å². The highest BCUT2D eigenvalue weighted by Gasteiger charge is 2.33. The lowest BCUT2D eigenvalue weighted by Crippen LogP contribution is -2.36. The molecule has 4 rings (SSSR count). The van der Waals surface area contributed by atoms with Gasteiger partial charge in [0.25, 0.3) is 0 Å². The lowest BCUT2D eigenvalue weighted by molar-refractivity contribution is -0.149. The number of hydrogen-bond acceptors (Lipinski definition) is 9. The molecule has 11 nitrogen and oxygen atoms in total. The van der Waals surface area contributed by atoms with Crippen molar-refractivity contribution in [2.45, 2.75) is 78.7 Å². The van der Waals surface area contributed by atoms with E-state index >= 15 is 0 Å². The van der Waals surface area contributed by atoms with Gasteiger partial charge in [-0.05, 0) is 70.9 Å². The van der Waals surface area contributed by atoms with Crippen LogP contribution in [0, 0.1) is 0 Å². The zero-order valence-corrected chi connectivity index (χ0v) is 27.4. The quantitative estimate of drug-likeness (QED) is 0.0948. The van der Waals surface area contributed by atoms with Gasteiger partial charge in [-0.3, -0.25) is 9.32 Å². The molecular weight excluding hydrogens is 605 g/mol. The molecule has 3 atom stereocenters. The molecule has 0 saturated carbocycles. The number of nitrogens with one attached hydrogen (secondary N) is 1. The number of imidazole rings is 1. The molecule has 4 aromatic rings. The van der Waals surface area contributed by atoms with Gasteiger partial charge in [0.05, 0.1) is 23.7 Å². The first-order valence-corrected chi connectivity index (χ1v) is 16.8. The van der Waals surface area contributed by atoms with Crippen LogP contribution in [0.4, 0.5) is 5.82 Å². The van der Waals surface area contributed by atoms with Crippen molar-refractivity contribution < 1.29 is 27.9 Å². The fraction of sp³-hybridized carbons (Fsp3) is 0.452. The predicted octanol–water partition coefficient (Wildman–Crippen LogP) is 7.22. The monoisotopic (exact) mass is 645 g/mol. The van der Waals surface area contributed by atoms with Crippen LogP contribution in [-0.4, -0.2) is 45.9 Å². The number of hydrogen-bond donors (Lipinski definition) is 2. The fourth-order valence-corrected chi connectivity index (χ4v) is 6.58. The Hall–Kier alpha value is -3.21. The number of nitrogens with two attached hydrogens (primary N) is 1. The normalized spacial score (nSPS) is 14.5. The molecule has 0 radical (unpaired) electrons. The smallest absolute Gasteiger partial charge is 0.459 e. The molecule has 238 valence electrons. The van der Waals surface area contributed by atoms with Crippen LogP contribution >= 0.6 is 19.3 Å². The topological polar surface area (TPSA) is 140 Å². The number of nitrogens with zero attached hydrogens (tertiary/aromatic N) is 3. The van der Waals surface area contributed by atoms with Gasteiger partial charge in [0.15, 0.2) is 5.82 Å². The van der Waals surface area contributed by atoms with Crippen molar-refractivity contribution in [3.63, 3.8) is 0 Å². The van der Waals surface area contributed by atoms with E-state index in [-0.39, 0.29) is 31.1 Å². The molecule has 2 heterocycles. The summed E-state index contributed by atoms with van der Waals surface area (Å²) in [6, 6.07) is 13.1. The summed E-state index contributed by atoms with van der Waals surface area (Å²) >= 11 is 6.03. The molecule has 0 bridgehead atoms. The van der Waals surface area contributed by atoms with Gasteiger partial charge in [0, 0.05) is 23.1 Å². The first-order valence-electron chi connectivity index (χ1n) is 14.9. The average molecular weight is 646 g/mol. The Morgan fingerprint density at radius 3 is 2.48 bits per heavy atom. The molecule has 0 spiro atoms. The van der Waals surface area contributed by atoms with Crippen molar-refractivity contribution in [1.29, 1.82) is 0 Å². The predicted molar refractivity (Wildman–Crippen MR) is 173 cm³/mol. The minimum Gasteiger partial charge on any atom is -0.462 e. The number of fused-ring (bicyclic) bond motifs is 3. The first kappa shape index (κ1) is 33.7. The molecule has 2 aromatic heterocycles. The van der Waals surface area contributed by atoms with Gasteiger partial charge in [-0.25, -0.2) is 14.5 Å². The Morgan fingerprint density at radius 1 is 1.07 bits per heavy atom. The molecule has 13 heteroatoms. The molecule has 2 aromatic carbocycles. The van der Waals surface area contributed by atoms with Crippen LogP contribution in [0.15, 0.2) is 48.5 Å². The van der Waals surface area contributed by atoms with E-state index in [2.05, 4.69) is 21.6 Å². The van der Waals surface area contributed by atoms with E-state index in [4.69, 9.17) is 40.8 Å². The fourth-order valence-electron chi connectivity index (χ4n) is 4.95. The number of ether oxygens (including phenoxy) is 2. The van der Waals surface area contributed by atoms with E-state index in [1.54, 1.807) is 45.0 Å². The zero-order valence-electron chi connectivity index (χ0n) is 25.8. The van der Waals surface area contributed by atoms with Crippen molar-refractivity contribution in [3.8, 4) is 5.75 Å².